The minimum atomic E-state index is -2.58. The van der Waals surface area contributed by atoms with Crippen LogP contribution in [0.1, 0.15) is 24.4 Å². The van der Waals surface area contributed by atoms with Crippen molar-refractivity contribution in [3.63, 3.8) is 0 Å². The van der Waals surface area contributed by atoms with Crippen LogP contribution >= 0.6 is 12.4 Å². The lowest BCUT2D eigenvalue weighted by atomic mass is 9.95. The van der Waals surface area contributed by atoms with E-state index in [-0.39, 0.29) is 37.0 Å². The first-order chi connectivity index (χ1) is 7.07. The number of rotatable bonds is 1. The Labute approximate surface area is 99.1 Å². The van der Waals surface area contributed by atoms with E-state index in [0.29, 0.717) is 6.54 Å². The summed E-state index contributed by atoms with van der Waals surface area (Å²) in [5.74, 6) is -2.42. The third kappa shape index (κ3) is 3.06. The van der Waals surface area contributed by atoms with Crippen LogP contribution in [-0.2, 0) is 0 Å². The predicted molar refractivity (Wildman–Crippen MR) is 60.3 cm³/mol. The van der Waals surface area contributed by atoms with E-state index in [2.05, 4.69) is 5.32 Å². The van der Waals surface area contributed by atoms with Gasteiger partial charge in [0.1, 0.15) is 5.75 Å². The summed E-state index contributed by atoms with van der Waals surface area (Å²) < 4.78 is 26.3. The van der Waals surface area contributed by atoms with Crippen LogP contribution in [0.5, 0.6) is 5.75 Å². The van der Waals surface area contributed by atoms with E-state index in [1.807, 2.05) is 0 Å². The second-order valence-electron chi connectivity index (χ2n) is 3.91. The Morgan fingerprint density at radius 2 is 1.88 bits per heavy atom. The van der Waals surface area contributed by atoms with Crippen molar-refractivity contribution < 1.29 is 13.9 Å². The molecule has 90 valence electrons. The number of nitrogens with one attached hydrogen (secondary N) is 1. The van der Waals surface area contributed by atoms with Crippen LogP contribution in [0.15, 0.2) is 24.3 Å². The minimum Gasteiger partial charge on any atom is -0.508 e. The maximum atomic E-state index is 13.1. The standard InChI is InChI=1S/C11H13F2NO.ClH/c12-11(13)5-6-14-10(7-11)8-1-3-9(15)4-2-8;/h1-4,10,14-15H,5-7H2;1H. The van der Waals surface area contributed by atoms with Gasteiger partial charge in [-0.3, -0.25) is 0 Å². The van der Waals surface area contributed by atoms with Gasteiger partial charge >= 0.3 is 0 Å². The molecule has 16 heavy (non-hydrogen) atoms. The monoisotopic (exact) mass is 249 g/mol. The van der Waals surface area contributed by atoms with Gasteiger partial charge in [-0.25, -0.2) is 8.78 Å². The molecule has 1 fully saturated rings. The fraction of sp³-hybridized carbons (Fsp3) is 0.455. The lowest BCUT2D eigenvalue weighted by Crippen LogP contribution is -2.38. The summed E-state index contributed by atoms with van der Waals surface area (Å²) in [5.41, 5.74) is 0.798. The molecule has 1 unspecified atom stereocenters. The van der Waals surface area contributed by atoms with Crippen molar-refractivity contribution in [3.05, 3.63) is 29.8 Å². The molecular formula is C11H14ClF2NO. The quantitative estimate of drug-likeness (QED) is 0.802. The zero-order valence-electron chi connectivity index (χ0n) is 8.62. The van der Waals surface area contributed by atoms with Crippen LogP contribution < -0.4 is 5.32 Å². The summed E-state index contributed by atoms with van der Waals surface area (Å²) in [4.78, 5) is 0. The first-order valence-corrected chi connectivity index (χ1v) is 4.97. The molecule has 0 aliphatic carbocycles. The average Bonchev–Trinajstić information content (AvgIpc) is 2.17. The third-order valence-electron chi connectivity index (χ3n) is 2.68. The van der Waals surface area contributed by atoms with E-state index in [1.54, 1.807) is 12.1 Å². The Bertz CT molecular complexity index is 342. The number of alkyl halides is 2. The lowest BCUT2D eigenvalue weighted by molar-refractivity contribution is -0.0415. The second-order valence-corrected chi connectivity index (χ2v) is 3.91. The molecule has 5 heteroatoms. The van der Waals surface area contributed by atoms with Crippen molar-refractivity contribution in [3.8, 4) is 5.75 Å². The molecule has 1 saturated heterocycles. The molecule has 0 radical (unpaired) electrons. The minimum absolute atomic E-state index is 0. The average molecular weight is 250 g/mol. The van der Waals surface area contributed by atoms with Gasteiger partial charge in [0.2, 0.25) is 0 Å². The van der Waals surface area contributed by atoms with Gasteiger partial charge in [-0.1, -0.05) is 12.1 Å². The second kappa shape index (κ2) is 4.97. The number of halogens is 3. The van der Waals surface area contributed by atoms with Crippen LogP contribution in [0.4, 0.5) is 8.78 Å². The van der Waals surface area contributed by atoms with Crippen molar-refractivity contribution in [2.75, 3.05) is 6.54 Å². The summed E-state index contributed by atoms with van der Waals surface area (Å²) >= 11 is 0. The molecule has 0 bridgehead atoms. The van der Waals surface area contributed by atoms with Gasteiger partial charge in [-0.15, -0.1) is 12.4 Å². The van der Waals surface area contributed by atoms with E-state index in [1.165, 1.54) is 12.1 Å². The van der Waals surface area contributed by atoms with E-state index in [9.17, 15) is 8.78 Å². The Kier molecular flexibility index (Phi) is 4.10. The van der Waals surface area contributed by atoms with Crippen LogP contribution in [0.25, 0.3) is 0 Å². The zero-order valence-corrected chi connectivity index (χ0v) is 9.44. The molecule has 1 aliphatic rings. The number of phenols is 1. The number of phenolic OH excluding ortho intramolecular Hbond substituents is 1. The third-order valence-corrected chi connectivity index (χ3v) is 2.68. The first-order valence-electron chi connectivity index (χ1n) is 4.97. The lowest BCUT2D eigenvalue weighted by Gasteiger charge is -2.30. The molecule has 1 aromatic carbocycles. The van der Waals surface area contributed by atoms with E-state index in [4.69, 9.17) is 5.11 Å². The van der Waals surface area contributed by atoms with Gasteiger partial charge in [0.05, 0.1) is 0 Å². The van der Waals surface area contributed by atoms with Crippen molar-refractivity contribution in [1.29, 1.82) is 0 Å². The van der Waals surface area contributed by atoms with Crippen LogP contribution in [-0.4, -0.2) is 17.6 Å². The van der Waals surface area contributed by atoms with Crippen molar-refractivity contribution in [1.82, 2.24) is 5.32 Å². The SMILES string of the molecule is Cl.Oc1ccc(C2CC(F)(F)CCN2)cc1. The van der Waals surface area contributed by atoms with Gasteiger partial charge in [0, 0.05) is 25.4 Å². The van der Waals surface area contributed by atoms with Crippen molar-refractivity contribution in [2.45, 2.75) is 24.8 Å². The molecule has 0 saturated carbocycles. The van der Waals surface area contributed by atoms with Gasteiger partial charge in [-0.2, -0.15) is 0 Å². The molecule has 2 N–H and O–H groups in total. The Hall–Kier alpha value is -0.870. The number of hydrogen-bond acceptors (Lipinski definition) is 2. The fourth-order valence-corrected chi connectivity index (χ4v) is 1.84. The van der Waals surface area contributed by atoms with Crippen LogP contribution in [0, 0.1) is 0 Å². The van der Waals surface area contributed by atoms with E-state index in [0.717, 1.165) is 5.56 Å². The number of benzene rings is 1. The molecule has 0 aromatic heterocycles. The predicted octanol–water partition coefficient (Wildman–Crippen LogP) is 2.87. The highest BCUT2D eigenvalue weighted by atomic mass is 35.5. The highest BCUT2D eigenvalue weighted by Gasteiger charge is 2.36. The molecular weight excluding hydrogens is 236 g/mol. The summed E-state index contributed by atoms with van der Waals surface area (Å²) in [6.45, 7) is 0.332. The molecule has 1 heterocycles. The van der Waals surface area contributed by atoms with Gasteiger partial charge in [0.25, 0.3) is 5.92 Å². The number of hydrogen-bond donors (Lipinski definition) is 2. The van der Waals surface area contributed by atoms with E-state index < -0.39 is 5.92 Å². The van der Waals surface area contributed by atoms with E-state index >= 15 is 0 Å². The molecule has 0 spiro atoms. The fourth-order valence-electron chi connectivity index (χ4n) is 1.84. The Morgan fingerprint density at radius 3 is 2.44 bits per heavy atom. The Balaban J connectivity index is 0.00000128. The largest absolute Gasteiger partial charge is 0.508 e. The summed E-state index contributed by atoms with van der Waals surface area (Å²) in [5, 5.41) is 12.1. The maximum absolute atomic E-state index is 13.1. The highest BCUT2D eigenvalue weighted by Crippen LogP contribution is 2.34. The number of aromatic hydroxyl groups is 1. The number of piperidine rings is 1. The van der Waals surface area contributed by atoms with Crippen molar-refractivity contribution >= 4 is 12.4 Å². The molecule has 1 atom stereocenters. The first kappa shape index (κ1) is 13.2. The normalized spacial score (nSPS) is 23.5. The van der Waals surface area contributed by atoms with Crippen molar-refractivity contribution in [2.24, 2.45) is 0 Å². The molecule has 2 nitrogen and oxygen atoms in total. The van der Waals surface area contributed by atoms with Gasteiger partial charge < -0.3 is 10.4 Å². The summed E-state index contributed by atoms with van der Waals surface area (Å²) in [6.07, 6.45) is -0.265. The van der Waals surface area contributed by atoms with Gasteiger partial charge in [0.15, 0.2) is 0 Å². The molecule has 1 aromatic rings. The van der Waals surface area contributed by atoms with Crippen LogP contribution in [0.3, 0.4) is 0 Å². The summed E-state index contributed by atoms with van der Waals surface area (Å²) in [6, 6.07) is 6.07. The van der Waals surface area contributed by atoms with Gasteiger partial charge in [-0.05, 0) is 17.7 Å². The zero-order chi connectivity index (χ0) is 10.9. The summed E-state index contributed by atoms with van der Waals surface area (Å²) in [7, 11) is 0. The van der Waals surface area contributed by atoms with Crippen LogP contribution in [0.2, 0.25) is 0 Å². The smallest absolute Gasteiger partial charge is 0.251 e. The topological polar surface area (TPSA) is 32.3 Å². The highest BCUT2D eigenvalue weighted by molar-refractivity contribution is 5.85. The Morgan fingerprint density at radius 1 is 1.25 bits per heavy atom. The molecule has 0 amide bonds. The molecule has 2 rings (SSSR count). The maximum Gasteiger partial charge on any atom is 0.251 e. The molecule has 1 aliphatic heterocycles.